The van der Waals surface area contributed by atoms with Gasteiger partial charge in [0.1, 0.15) is 29.2 Å². The van der Waals surface area contributed by atoms with Gasteiger partial charge < -0.3 is 14.8 Å². The molecular formula is C28H27F2N3O3. The van der Waals surface area contributed by atoms with Crippen molar-refractivity contribution in [3.8, 4) is 17.2 Å². The molecule has 0 spiro atoms. The fraction of sp³-hybridized carbons (Fsp3) is 0.286. The SMILES string of the molecule is COc1ccc(F)cc1[C@@H](Oc1ccc2c(cnn2-c2ccc(F)cc2)c1)[C@H](C)NC(=O)C1(C)CC1. The van der Waals surface area contributed by atoms with Gasteiger partial charge in [0.2, 0.25) is 5.91 Å². The van der Waals surface area contributed by atoms with E-state index in [4.69, 9.17) is 9.47 Å². The summed E-state index contributed by atoms with van der Waals surface area (Å²) in [5.41, 5.74) is 1.68. The molecule has 8 heteroatoms. The molecule has 1 aliphatic rings. The van der Waals surface area contributed by atoms with Crippen LogP contribution in [0, 0.1) is 17.0 Å². The van der Waals surface area contributed by atoms with Crippen molar-refractivity contribution in [1.29, 1.82) is 0 Å². The molecule has 3 aromatic carbocycles. The Bertz CT molecular complexity index is 1410. The maximum Gasteiger partial charge on any atom is 0.226 e. The van der Waals surface area contributed by atoms with Crippen molar-refractivity contribution in [1.82, 2.24) is 15.1 Å². The molecule has 1 fully saturated rings. The Labute approximate surface area is 207 Å². The third-order valence-electron chi connectivity index (χ3n) is 6.73. The van der Waals surface area contributed by atoms with Gasteiger partial charge in [0.15, 0.2) is 0 Å². The van der Waals surface area contributed by atoms with Gasteiger partial charge in [-0.25, -0.2) is 13.5 Å². The number of methoxy groups -OCH3 is 1. The molecule has 1 aliphatic carbocycles. The number of hydrogen-bond donors (Lipinski definition) is 1. The van der Waals surface area contributed by atoms with Crippen molar-refractivity contribution in [2.75, 3.05) is 7.11 Å². The van der Waals surface area contributed by atoms with Crippen LogP contribution in [-0.4, -0.2) is 28.8 Å². The van der Waals surface area contributed by atoms with Crippen molar-refractivity contribution in [3.05, 3.63) is 84.1 Å². The van der Waals surface area contributed by atoms with Crippen LogP contribution < -0.4 is 14.8 Å². The van der Waals surface area contributed by atoms with Gasteiger partial charge in [-0.05, 0) is 80.4 Å². The van der Waals surface area contributed by atoms with E-state index in [9.17, 15) is 13.6 Å². The average Bonchev–Trinajstić information content (AvgIpc) is 3.49. The zero-order valence-electron chi connectivity index (χ0n) is 20.3. The highest BCUT2D eigenvalue weighted by Crippen LogP contribution is 2.45. The minimum absolute atomic E-state index is 0.0463. The van der Waals surface area contributed by atoms with Gasteiger partial charge in [-0.3, -0.25) is 4.79 Å². The van der Waals surface area contributed by atoms with E-state index in [0.717, 1.165) is 29.4 Å². The second kappa shape index (κ2) is 9.26. The Kier molecular flexibility index (Phi) is 6.12. The first-order valence-electron chi connectivity index (χ1n) is 11.8. The summed E-state index contributed by atoms with van der Waals surface area (Å²) in [6.45, 7) is 3.77. The summed E-state index contributed by atoms with van der Waals surface area (Å²) in [4.78, 5) is 12.8. The second-order valence-electron chi connectivity index (χ2n) is 9.50. The highest BCUT2D eigenvalue weighted by atomic mass is 19.1. The van der Waals surface area contributed by atoms with Gasteiger partial charge in [-0.2, -0.15) is 5.10 Å². The van der Waals surface area contributed by atoms with E-state index in [1.54, 1.807) is 35.1 Å². The Morgan fingerprint density at radius 3 is 2.47 bits per heavy atom. The number of aromatic nitrogens is 2. The summed E-state index contributed by atoms with van der Waals surface area (Å²) in [6, 6.07) is 15.3. The van der Waals surface area contributed by atoms with Crippen LogP contribution in [0.5, 0.6) is 11.5 Å². The normalized spacial score (nSPS) is 15.8. The van der Waals surface area contributed by atoms with Crippen LogP contribution in [0.3, 0.4) is 0 Å². The first kappa shape index (κ1) is 23.8. The lowest BCUT2D eigenvalue weighted by Crippen LogP contribution is -2.42. The van der Waals surface area contributed by atoms with Crippen LogP contribution in [0.1, 0.15) is 38.4 Å². The molecule has 0 saturated heterocycles. The number of ether oxygens (including phenoxy) is 2. The lowest BCUT2D eigenvalue weighted by Gasteiger charge is -2.28. The zero-order chi connectivity index (χ0) is 25.4. The summed E-state index contributed by atoms with van der Waals surface area (Å²) in [5, 5.41) is 8.29. The van der Waals surface area contributed by atoms with E-state index in [2.05, 4.69) is 10.4 Å². The topological polar surface area (TPSA) is 65.4 Å². The molecule has 0 radical (unpaired) electrons. The molecule has 0 unspecified atom stereocenters. The van der Waals surface area contributed by atoms with Crippen LogP contribution in [0.15, 0.2) is 66.9 Å². The molecule has 1 amide bonds. The fourth-order valence-corrected chi connectivity index (χ4v) is 4.25. The molecular weight excluding hydrogens is 464 g/mol. The van der Waals surface area contributed by atoms with Gasteiger partial charge in [0.05, 0.1) is 30.6 Å². The van der Waals surface area contributed by atoms with E-state index < -0.39 is 18.0 Å². The first-order valence-corrected chi connectivity index (χ1v) is 11.8. The lowest BCUT2D eigenvalue weighted by molar-refractivity contribution is -0.127. The standard InChI is InChI=1S/C28H27F2N3O3/c1-17(32-27(34)28(2)12-13-28)26(23-15-20(30)6-11-25(23)35-3)36-22-9-10-24-18(14-22)16-31-33(24)21-7-4-19(29)5-8-21/h4-11,14-17,26H,12-13H2,1-3H3,(H,32,34)/t17-,26-/m0/s1. The summed E-state index contributed by atoms with van der Waals surface area (Å²) in [6.07, 6.45) is 2.67. The molecule has 4 aromatic rings. The average molecular weight is 492 g/mol. The smallest absolute Gasteiger partial charge is 0.226 e. The van der Waals surface area contributed by atoms with E-state index in [1.165, 1.54) is 31.4 Å². The summed E-state index contributed by atoms with van der Waals surface area (Å²) in [7, 11) is 1.51. The number of rotatable bonds is 8. The highest BCUT2D eigenvalue weighted by Gasteiger charge is 2.45. The van der Waals surface area contributed by atoms with Gasteiger partial charge in [-0.1, -0.05) is 6.92 Å². The molecule has 6 nitrogen and oxygen atoms in total. The number of hydrogen-bond acceptors (Lipinski definition) is 4. The van der Waals surface area contributed by atoms with Crippen LogP contribution in [0.4, 0.5) is 8.78 Å². The Hall–Kier alpha value is -3.94. The van der Waals surface area contributed by atoms with Gasteiger partial charge in [-0.15, -0.1) is 0 Å². The van der Waals surface area contributed by atoms with Gasteiger partial charge in [0, 0.05) is 16.4 Å². The van der Waals surface area contributed by atoms with Gasteiger partial charge in [0.25, 0.3) is 0 Å². The minimum Gasteiger partial charge on any atom is -0.496 e. The zero-order valence-corrected chi connectivity index (χ0v) is 20.3. The number of nitrogens with zero attached hydrogens (tertiary/aromatic N) is 2. The largest absolute Gasteiger partial charge is 0.496 e. The van der Waals surface area contributed by atoms with Crippen molar-refractivity contribution < 1.29 is 23.0 Å². The second-order valence-corrected chi connectivity index (χ2v) is 9.50. The summed E-state index contributed by atoms with van der Waals surface area (Å²) < 4.78 is 41.2. The number of carbonyl (C=O) groups excluding carboxylic acids is 1. The molecule has 5 rings (SSSR count). The number of carbonyl (C=O) groups is 1. The van der Waals surface area contributed by atoms with Crippen molar-refractivity contribution in [2.24, 2.45) is 5.41 Å². The maximum absolute atomic E-state index is 14.3. The third-order valence-corrected chi connectivity index (χ3v) is 6.73. The lowest BCUT2D eigenvalue weighted by atomic mass is 10.00. The highest BCUT2D eigenvalue weighted by molar-refractivity contribution is 5.85. The number of amides is 1. The molecule has 2 atom stereocenters. The number of fused-ring (bicyclic) bond motifs is 1. The van der Waals surface area contributed by atoms with Crippen molar-refractivity contribution in [2.45, 2.75) is 38.8 Å². The molecule has 186 valence electrons. The maximum atomic E-state index is 14.3. The predicted octanol–water partition coefficient (Wildman–Crippen LogP) is 5.74. The summed E-state index contributed by atoms with van der Waals surface area (Å²) in [5.74, 6) is 0.196. The quantitative estimate of drug-likeness (QED) is 0.342. The van der Waals surface area contributed by atoms with E-state index in [1.807, 2.05) is 26.0 Å². The summed E-state index contributed by atoms with van der Waals surface area (Å²) >= 11 is 0. The van der Waals surface area contributed by atoms with Gasteiger partial charge >= 0.3 is 0 Å². The fourth-order valence-electron chi connectivity index (χ4n) is 4.25. The van der Waals surface area contributed by atoms with Crippen LogP contribution in [0.2, 0.25) is 0 Å². The number of benzene rings is 3. The Morgan fingerprint density at radius 2 is 1.78 bits per heavy atom. The molecule has 1 saturated carbocycles. The molecule has 0 aliphatic heterocycles. The first-order chi connectivity index (χ1) is 17.3. The van der Waals surface area contributed by atoms with Crippen LogP contribution in [-0.2, 0) is 4.79 Å². The molecule has 36 heavy (non-hydrogen) atoms. The Balaban J connectivity index is 1.47. The van der Waals surface area contributed by atoms with E-state index in [0.29, 0.717) is 17.1 Å². The Morgan fingerprint density at radius 1 is 1.06 bits per heavy atom. The van der Waals surface area contributed by atoms with E-state index >= 15 is 0 Å². The predicted molar refractivity (Wildman–Crippen MR) is 132 cm³/mol. The van der Waals surface area contributed by atoms with E-state index in [-0.39, 0.29) is 17.1 Å². The minimum atomic E-state index is -0.716. The van der Waals surface area contributed by atoms with Crippen LogP contribution >= 0.6 is 0 Å². The van der Waals surface area contributed by atoms with Crippen molar-refractivity contribution >= 4 is 16.8 Å². The number of nitrogens with one attached hydrogen (secondary N) is 1. The third kappa shape index (κ3) is 4.63. The van der Waals surface area contributed by atoms with Crippen molar-refractivity contribution in [3.63, 3.8) is 0 Å². The molecule has 0 bridgehead atoms. The molecule has 1 heterocycles. The number of halogens is 2. The monoisotopic (exact) mass is 491 g/mol. The molecule has 1 N–H and O–H groups in total. The van der Waals surface area contributed by atoms with Crippen LogP contribution in [0.25, 0.3) is 16.6 Å². The molecule has 1 aromatic heterocycles.